The average Bonchev–Trinajstić information content (AvgIpc) is 2.78. The molecule has 98 valence electrons. The zero-order valence-corrected chi connectivity index (χ0v) is 11.8. The smallest absolute Gasteiger partial charge is 0.356 e. The fourth-order valence-electron chi connectivity index (χ4n) is 1.55. The molecule has 0 fully saturated rings. The topological polar surface area (TPSA) is 67.3 Å². The van der Waals surface area contributed by atoms with Gasteiger partial charge in [-0.25, -0.2) is 9.78 Å². The SMILES string of the molecule is CC(=O)c1sc(-c2ccc(C)c(Cl)c2)nc1C(=O)O. The van der Waals surface area contributed by atoms with E-state index >= 15 is 0 Å². The highest BCUT2D eigenvalue weighted by molar-refractivity contribution is 7.17. The number of rotatable bonds is 3. The lowest BCUT2D eigenvalue weighted by molar-refractivity contribution is 0.0687. The lowest BCUT2D eigenvalue weighted by Gasteiger charge is -2.00. The van der Waals surface area contributed by atoms with E-state index in [-0.39, 0.29) is 16.4 Å². The van der Waals surface area contributed by atoms with Crippen molar-refractivity contribution in [3.05, 3.63) is 39.4 Å². The van der Waals surface area contributed by atoms with Crippen LogP contribution < -0.4 is 0 Å². The normalized spacial score (nSPS) is 10.5. The Morgan fingerprint density at radius 1 is 1.37 bits per heavy atom. The summed E-state index contributed by atoms with van der Waals surface area (Å²) in [6, 6.07) is 5.34. The van der Waals surface area contributed by atoms with E-state index in [1.165, 1.54) is 6.92 Å². The Bertz CT molecular complexity index is 647. The highest BCUT2D eigenvalue weighted by Gasteiger charge is 2.21. The summed E-state index contributed by atoms with van der Waals surface area (Å²) in [6.45, 7) is 3.20. The molecule has 0 radical (unpaired) electrons. The Labute approximate surface area is 118 Å². The molecule has 0 aliphatic heterocycles. The maximum atomic E-state index is 11.4. The van der Waals surface area contributed by atoms with Gasteiger partial charge >= 0.3 is 5.97 Å². The number of aryl methyl sites for hydroxylation is 1. The number of ketones is 1. The maximum absolute atomic E-state index is 11.4. The molecule has 19 heavy (non-hydrogen) atoms. The lowest BCUT2D eigenvalue weighted by atomic mass is 10.1. The fraction of sp³-hybridized carbons (Fsp3) is 0.154. The number of aromatic nitrogens is 1. The standard InChI is InChI=1S/C13H10ClNO3S/c1-6-3-4-8(5-9(6)14)12-15-10(13(17)18)11(19-12)7(2)16/h3-5H,1-2H3,(H,17,18). The second kappa shape index (κ2) is 5.11. The van der Waals surface area contributed by atoms with Crippen LogP contribution in [0.3, 0.4) is 0 Å². The van der Waals surface area contributed by atoms with Crippen LogP contribution in [-0.2, 0) is 0 Å². The van der Waals surface area contributed by atoms with Crippen molar-refractivity contribution in [2.75, 3.05) is 0 Å². The predicted octanol–water partition coefficient (Wildman–Crippen LogP) is 3.67. The molecule has 0 amide bonds. The van der Waals surface area contributed by atoms with Gasteiger partial charge in [-0.3, -0.25) is 4.79 Å². The fourth-order valence-corrected chi connectivity index (χ4v) is 2.68. The van der Waals surface area contributed by atoms with E-state index in [1.54, 1.807) is 12.1 Å². The summed E-state index contributed by atoms with van der Waals surface area (Å²) < 4.78 is 0. The summed E-state index contributed by atoms with van der Waals surface area (Å²) >= 11 is 7.09. The second-order valence-electron chi connectivity index (χ2n) is 4.02. The molecule has 0 saturated carbocycles. The predicted molar refractivity (Wildman–Crippen MR) is 74.3 cm³/mol. The maximum Gasteiger partial charge on any atom is 0.356 e. The lowest BCUT2D eigenvalue weighted by Crippen LogP contribution is -2.03. The van der Waals surface area contributed by atoms with Gasteiger partial charge in [0.1, 0.15) is 9.88 Å². The first-order valence-electron chi connectivity index (χ1n) is 5.41. The Kier molecular flexibility index (Phi) is 3.68. The summed E-state index contributed by atoms with van der Waals surface area (Å²) in [4.78, 5) is 26.6. The van der Waals surface area contributed by atoms with E-state index in [4.69, 9.17) is 16.7 Å². The van der Waals surface area contributed by atoms with Crippen molar-refractivity contribution in [3.63, 3.8) is 0 Å². The molecule has 0 aliphatic rings. The van der Waals surface area contributed by atoms with E-state index in [1.807, 2.05) is 13.0 Å². The number of carbonyl (C=O) groups excluding carboxylic acids is 1. The molecule has 1 aromatic carbocycles. The highest BCUT2D eigenvalue weighted by Crippen LogP contribution is 2.31. The summed E-state index contributed by atoms with van der Waals surface area (Å²) in [5, 5.41) is 10.1. The van der Waals surface area contributed by atoms with Crippen LogP contribution >= 0.6 is 22.9 Å². The minimum Gasteiger partial charge on any atom is -0.476 e. The number of Topliss-reactive ketones (excluding diaryl/α,β-unsaturated/α-hetero) is 1. The molecule has 0 bridgehead atoms. The molecule has 0 saturated heterocycles. The van der Waals surface area contributed by atoms with E-state index in [0.717, 1.165) is 16.9 Å². The number of halogens is 1. The molecule has 1 N–H and O–H groups in total. The van der Waals surface area contributed by atoms with E-state index in [9.17, 15) is 9.59 Å². The summed E-state index contributed by atoms with van der Waals surface area (Å²) in [5.74, 6) is -1.51. The molecule has 1 aromatic heterocycles. The Hall–Kier alpha value is -1.72. The average molecular weight is 296 g/mol. The van der Waals surface area contributed by atoms with Gasteiger partial charge in [-0.15, -0.1) is 11.3 Å². The van der Waals surface area contributed by atoms with Gasteiger partial charge < -0.3 is 5.11 Å². The Morgan fingerprint density at radius 3 is 2.53 bits per heavy atom. The molecule has 2 aromatic rings. The third-order valence-corrected chi connectivity index (χ3v) is 4.18. The quantitative estimate of drug-likeness (QED) is 0.877. The van der Waals surface area contributed by atoms with E-state index < -0.39 is 5.97 Å². The number of carboxylic acids is 1. The van der Waals surface area contributed by atoms with Crippen molar-refractivity contribution in [3.8, 4) is 10.6 Å². The number of aromatic carboxylic acids is 1. The first kappa shape index (κ1) is 13.7. The number of thiazole rings is 1. The van der Waals surface area contributed by atoms with Crippen molar-refractivity contribution in [1.82, 2.24) is 4.98 Å². The largest absolute Gasteiger partial charge is 0.476 e. The number of hydrogen-bond donors (Lipinski definition) is 1. The number of carbonyl (C=O) groups is 2. The van der Waals surface area contributed by atoms with E-state index in [2.05, 4.69) is 4.98 Å². The molecular formula is C13H10ClNO3S. The van der Waals surface area contributed by atoms with Crippen molar-refractivity contribution in [1.29, 1.82) is 0 Å². The van der Waals surface area contributed by atoms with Crippen molar-refractivity contribution < 1.29 is 14.7 Å². The Balaban J connectivity index is 2.57. The van der Waals surface area contributed by atoms with Gasteiger partial charge in [0.2, 0.25) is 0 Å². The molecule has 4 nitrogen and oxygen atoms in total. The first-order chi connectivity index (χ1) is 8.90. The molecule has 0 unspecified atom stereocenters. The van der Waals surface area contributed by atoms with Crippen LogP contribution in [0.2, 0.25) is 5.02 Å². The Morgan fingerprint density at radius 2 is 2.05 bits per heavy atom. The second-order valence-corrected chi connectivity index (χ2v) is 5.43. The molecule has 2 rings (SSSR count). The molecular weight excluding hydrogens is 286 g/mol. The van der Waals surface area contributed by atoms with Gasteiger partial charge in [0, 0.05) is 17.5 Å². The minimum absolute atomic E-state index is 0.152. The summed E-state index contributed by atoms with van der Waals surface area (Å²) in [7, 11) is 0. The molecule has 0 aliphatic carbocycles. The van der Waals surface area contributed by atoms with Crippen LogP contribution in [0.5, 0.6) is 0 Å². The minimum atomic E-state index is -1.20. The van der Waals surface area contributed by atoms with Gasteiger partial charge in [0.05, 0.1) is 0 Å². The molecule has 1 heterocycles. The summed E-state index contributed by atoms with van der Waals surface area (Å²) in [6.07, 6.45) is 0. The van der Waals surface area contributed by atoms with Crippen LogP contribution in [0.1, 0.15) is 32.6 Å². The van der Waals surface area contributed by atoms with Gasteiger partial charge in [-0.2, -0.15) is 0 Å². The number of benzene rings is 1. The van der Waals surface area contributed by atoms with Gasteiger partial charge in [-0.05, 0) is 18.6 Å². The van der Waals surface area contributed by atoms with Crippen LogP contribution in [0.15, 0.2) is 18.2 Å². The highest BCUT2D eigenvalue weighted by atomic mass is 35.5. The number of carboxylic acid groups (broad SMARTS) is 1. The van der Waals surface area contributed by atoms with Gasteiger partial charge in [0.15, 0.2) is 11.5 Å². The number of nitrogens with zero attached hydrogens (tertiary/aromatic N) is 1. The third kappa shape index (κ3) is 2.67. The first-order valence-corrected chi connectivity index (χ1v) is 6.61. The number of hydrogen-bond acceptors (Lipinski definition) is 4. The monoisotopic (exact) mass is 295 g/mol. The van der Waals surface area contributed by atoms with Crippen LogP contribution in [-0.4, -0.2) is 21.8 Å². The molecule has 6 heteroatoms. The van der Waals surface area contributed by atoms with Crippen molar-refractivity contribution >= 4 is 34.7 Å². The zero-order chi connectivity index (χ0) is 14.2. The van der Waals surface area contributed by atoms with Crippen molar-refractivity contribution in [2.45, 2.75) is 13.8 Å². The summed E-state index contributed by atoms with van der Waals surface area (Å²) in [5.41, 5.74) is 1.42. The van der Waals surface area contributed by atoms with Crippen LogP contribution in [0.25, 0.3) is 10.6 Å². The zero-order valence-electron chi connectivity index (χ0n) is 10.2. The third-order valence-electron chi connectivity index (χ3n) is 2.57. The van der Waals surface area contributed by atoms with E-state index in [0.29, 0.717) is 15.6 Å². The van der Waals surface area contributed by atoms with Crippen molar-refractivity contribution in [2.24, 2.45) is 0 Å². The molecule has 0 spiro atoms. The van der Waals surface area contributed by atoms with Crippen LogP contribution in [0.4, 0.5) is 0 Å². The van der Waals surface area contributed by atoms with Gasteiger partial charge in [0.25, 0.3) is 0 Å². The van der Waals surface area contributed by atoms with Crippen LogP contribution in [0, 0.1) is 6.92 Å². The molecule has 0 atom stereocenters. The van der Waals surface area contributed by atoms with Gasteiger partial charge in [-0.1, -0.05) is 23.7 Å².